The highest BCUT2D eigenvalue weighted by atomic mass is 19.4. The van der Waals surface area contributed by atoms with Crippen molar-refractivity contribution in [1.82, 2.24) is 14.5 Å². The van der Waals surface area contributed by atoms with Crippen molar-refractivity contribution in [3.8, 4) is 0 Å². The number of alkyl halides is 3. The van der Waals surface area contributed by atoms with E-state index in [0.29, 0.717) is 54.9 Å². The van der Waals surface area contributed by atoms with E-state index >= 15 is 0 Å². The summed E-state index contributed by atoms with van der Waals surface area (Å²) in [6.45, 7) is 2.34. The normalized spacial score (nSPS) is 17.1. The van der Waals surface area contributed by atoms with Crippen molar-refractivity contribution < 1.29 is 18.0 Å². The van der Waals surface area contributed by atoms with Gasteiger partial charge in [0, 0.05) is 50.4 Å². The van der Waals surface area contributed by atoms with Gasteiger partial charge in [-0.05, 0) is 49.2 Å². The van der Waals surface area contributed by atoms with E-state index in [1.807, 2.05) is 4.90 Å². The molecule has 6 nitrogen and oxygen atoms in total. The molecular formula is C26H27F3N4O2. The summed E-state index contributed by atoms with van der Waals surface area (Å²) in [5.41, 5.74) is 0.768. The lowest BCUT2D eigenvalue weighted by molar-refractivity contribution is -0.137. The van der Waals surface area contributed by atoms with Crippen molar-refractivity contribution >= 4 is 22.5 Å². The van der Waals surface area contributed by atoms with Crippen molar-refractivity contribution in [2.45, 2.75) is 44.8 Å². The molecule has 2 aromatic carbocycles. The van der Waals surface area contributed by atoms with Crippen LogP contribution < -0.4 is 10.5 Å². The Morgan fingerprint density at radius 2 is 1.66 bits per heavy atom. The van der Waals surface area contributed by atoms with Crippen LogP contribution in [0.25, 0.3) is 10.9 Å². The van der Waals surface area contributed by atoms with Crippen LogP contribution in [-0.4, -0.2) is 46.5 Å². The number of aromatic nitrogens is 2. The molecule has 0 atom stereocenters. The van der Waals surface area contributed by atoms with Crippen molar-refractivity contribution in [3.05, 3.63) is 69.8 Å². The number of carbonyl (C=O) groups is 1. The lowest BCUT2D eigenvalue weighted by Crippen LogP contribution is -2.48. The van der Waals surface area contributed by atoms with Gasteiger partial charge in [-0.15, -0.1) is 0 Å². The first-order valence-electron chi connectivity index (χ1n) is 12.1. The van der Waals surface area contributed by atoms with Crippen LogP contribution in [0.4, 0.5) is 18.9 Å². The van der Waals surface area contributed by atoms with Gasteiger partial charge in [-0.25, -0.2) is 4.98 Å². The molecule has 0 aliphatic carbocycles. The smallest absolute Gasteiger partial charge is 0.368 e. The Labute approximate surface area is 201 Å². The van der Waals surface area contributed by atoms with Crippen LogP contribution in [-0.2, 0) is 19.1 Å². The number of amides is 1. The van der Waals surface area contributed by atoms with Crippen molar-refractivity contribution in [2.24, 2.45) is 0 Å². The second-order valence-electron chi connectivity index (χ2n) is 9.21. The van der Waals surface area contributed by atoms with Gasteiger partial charge in [-0.1, -0.05) is 18.9 Å². The quantitative estimate of drug-likeness (QED) is 0.538. The Morgan fingerprint density at radius 1 is 0.886 bits per heavy atom. The minimum absolute atomic E-state index is 0.0550. The van der Waals surface area contributed by atoms with Crippen LogP contribution in [0, 0.1) is 0 Å². The summed E-state index contributed by atoms with van der Waals surface area (Å²) in [5.74, 6) is 0.616. The standard InChI is InChI=1S/C26H27F3N4O2/c27-26(28,29)19-6-5-7-20(17-19)31-12-14-32(15-13-31)24(34)18-9-10-21-22(16-18)30-23-8-3-1-2-4-11-33(23)25(21)35/h5-7,9-10,16-17H,1-4,8,11-15H2. The molecule has 1 aromatic heterocycles. The van der Waals surface area contributed by atoms with Gasteiger partial charge in [0.25, 0.3) is 11.5 Å². The maximum atomic E-state index is 13.2. The largest absolute Gasteiger partial charge is 0.416 e. The van der Waals surface area contributed by atoms with Gasteiger partial charge in [-0.2, -0.15) is 13.2 Å². The molecule has 3 aromatic rings. The summed E-state index contributed by atoms with van der Waals surface area (Å²) in [5, 5.41) is 0.514. The first kappa shape index (κ1) is 23.4. The van der Waals surface area contributed by atoms with Crippen molar-refractivity contribution in [1.29, 1.82) is 0 Å². The molecule has 0 saturated carbocycles. The molecule has 184 valence electrons. The van der Waals surface area contributed by atoms with Crippen LogP contribution in [0.2, 0.25) is 0 Å². The lowest BCUT2D eigenvalue weighted by Gasteiger charge is -2.36. The maximum absolute atomic E-state index is 13.2. The molecule has 9 heteroatoms. The Balaban J connectivity index is 1.33. The zero-order valence-electron chi connectivity index (χ0n) is 19.4. The zero-order chi connectivity index (χ0) is 24.6. The highest BCUT2D eigenvalue weighted by Gasteiger charge is 2.31. The summed E-state index contributed by atoms with van der Waals surface area (Å²) in [6, 6.07) is 10.3. The number of rotatable bonds is 2. The number of halogens is 3. The van der Waals surface area contributed by atoms with E-state index in [4.69, 9.17) is 4.98 Å². The molecule has 35 heavy (non-hydrogen) atoms. The number of aryl methyl sites for hydroxylation is 1. The van der Waals surface area contributed by atoms with Gasteiger partial charge in [0.1, 0.15) is 5.82 Å². The van der Waals surface area contributed by atoms with E-state index in [0.717, 1.165) is 50.1 Å². The summed E-state index contributed by atoms with van der Waals surface area (Å²) in [7, 11) is 0. The molecule has 0 spiro atoms. The van der Waals surface area contributed by atoms with Crippen LogP contribution in [0.1, 0.15) is 47.4 Å². The molecule has 1 saturated heterocycles. The molecular weight excluding hydrogens is 457 g/mol. The maximum Gasteiger partial charge on any atom is 0.416 e. The van der Waals surface area contributed by atoms with E-state index in [2.05, 4.69) is 0 Å². The summed E-state index contributed by atoms with van der Waals surface area (Å²) < 4.78 is 41.0. The number of hydrogen-bond acceptors (Lipinski definition) is 4. The van der Waals surface area contributed by atoms with E-state index in [9.17, 15) is 22.8 Å². The highest BCUT2D eigenvalue weighted by molar-refractivity contribution is 5.97. The van der Waals surface area contributed by atoms with Gasteiger partial charge in [0.15, 0.2) is 0 Å². The second kappa shape index (κ2) is 9.36. The highest BCUT2D eigenvalue weighted by Crippen LogP contribution is 2.32. The molecule has 0 unspecified atom stereocenters. The number of hydrogen-bond donors (Lipinski definition) is 0. The molecule has 0 N–H and O–H groups in total. The Kier molecular flexibility index (Phi) is 6.25. The first-order valence-corrected chi connectivity index (χ1v) is 12.1. The second-order valence-corrected chi connectivity index (χ2v) is 9.21. The third kappa shape index (κ3) is 4.76. The van der Waals surface area contributed by atoms with Gasteiger partial charge in [0.05, 0.1) is 16.5 Å². The molecule has 0 radical (unpaired) electrons. The van der Waals surface area contributed by atoms with E-state index in [1.54, 1.807) is 33.7 Å². The predicted molar refractivity (Wildman–Crippen MR) is 128 cm³/mol. The molecule has 1 amide bonds. The Bertz CT molecular complexity index is 1310. The zero-order valence-corrected chi connectivity index (χ0v) is 19.4. The monoisotopic (exact) mass is 484 g/mol. The topological polar surface area (TPSA) is 58.4 Å². The average molecular weight is 485 g/mol. The molecule has 3 heterocycles. The molecule has 2 aliphatic rings. The number of nitrogens with zero attached hydrogens (tertiary/aromatic N) is 4. The first-order chi connectivity index (χ1) is 16.8. The summed E-state index contributed by atoms with van der Waals surface area (Å²) >= 11 is 0. The predicted octanol–water partition coefficient (Wildman–Crippen LogP) is 4.49. The van der Waals surface area contributed by atoms with Crippen LogP contribution in [0.3, 0.4) is 0 Å². The molecule has 1 fully saturated rings. The fourth-order valence-corrected chi connectivity index (χ4v) is 4.96. The summed E-state index contributed by atoms with van der Waals surface area (Å²) in [6.07, 6.45) is 0.548. The Hall–Kier alpha value is -3.36. The van der Waals surface area contributed by atoms with Crippen molar-refractivity contribution in [2.75, 3.05) is 31.1 Å². The van der Waals surface area contributed by atoms with Gasteiger partial charge >= 0.3 is 6.18 Å². The SMILES string of the molecule is O=C(c1ccc2c(=O)n3c(nc2c1)CCCCCC3)N1CCN(c2cccc(C(F)(F)F)c2)CC1. The molecule has 5 rings (SSSR count). The lowest BCUT2D eigenvalue weighted by atomic mass is 10.1. The average Bonchev–Trinajstić information content (AvgIpc) is 2.84. The van der Waals surface area contributed by atoms with E-state index < -0.39 is 11.7 Å². The van der Waals surface area contributed by atoms with Crippen molar-refractivity contribution in [3.63, 3.8) is 0 Å². The van der Waals surface area contributed by atoms with Crippen LogP contribution in [0.15, 0.2) is 47.3 Å². The number of carbonyl (C=O) groups excluding carboxylic acids is 1. The third-order valence-corrected chi connectivity index (χ3v) is 6.92. The summed E-state index contributed by atoms with van der Waals surface area (Å²) in [4.78, 5) is 34.5. The minimum atomic E-state index is -4.39. The van der Waals surface area contributed by atoms with Gasteiger partial charge < -0.3 is 9.80 Å². The number of benzene rings is 2. The number of piperazine rings is 1. The molecule has 2 aliphatic heterocycles. The van der Waals surface area contributed by atoms with Crippen LogP contribution >= 0.6 is 0 Å². The molecule has 0 bridgehead atoms. The van der Waals surface area contributed by atoms with Gasteiger partial charge in [-0.3, -0.25) is 14.2 Å². The fraction of sp³-hybridized carbons (Fsp3) is 0.423. The van der Waals surface area contributed by atoms with Crippen LogP contribution in [0.5, 0.6) is 0 Å². The third-order valence-electron chi connectivity index (χ3n) is 6.92. The number of fused-ring (bicyclic) bond motifs is 2. The Morgan fingerprint density at radius 3 is 2.43 bits per heavy atom. The van der Waals surface area contributed by atoms with E-state index in [-0.39, 0.29) is 11.5 Å². The van der Waals surface area contributed by atoms with E-state index in [1.165, 1.54) is 6.07 Å². The fourth-order valence-electron chi connectivity index (χ4n) is 4.96. The van der Waals surface area contributed by atoms with Gasteiger partial charge in [0.2, 0.25) is 0 Å². The number of anilines is 1. The minimum Gasteiger partial charge on any atom is -0.368 e.